The first kappa shape index (κ1) is 7.47. The summed E-state index contributed by atoms with van der Waals surface area (Å²) >= 11 is 1.82. The molecular weight excluding hydrogens is 146 g/mol. The van der Waals surface area contributed by atoms with Gasteiger partial charge in [-0.05, 0) is 18.4 Å². The van der Waals surface area contributed by atoms with Crippen molar-refractivity contribution in [3.8, 4) is 0 Å². The first-order valence-corrected chi connectivity index (χ1v) is 4.51. The zero-order chi connectivity index (χ0) is 7.40. The summed E-state index contributed by atoms with van der Waals surface area (Å²) in [6.07, 6.45) is 3.10. The average molecular weight is 157 g/mol. The SMILES string of the molecule is CSCCc1cc(N)n[nH]1. The lowest BCUT2D eigenvalue weighted by Gasteiger charge is -1.90. The highest BCUT2D eigenvalue weighted by molar-refractivity contribution is 7.98. The molecule has 4 heteroatoms. The molecule has 0 saturated carbocycles. The number of H-pyrrole nitrogens is 1. The number of aromatic amines is 1. The Morgan fingerprint density at radius 1 is 1.80 bits per heavy atom. The fourth-order valence-electron chi connectivity index (χ4n) is 0.720. The first-order valence-electron chi connectivity index (χ1n) is 3.11. The molecule has 1 rings (SSSR count). The molecule has 0 amide bonds. The van der Waals surface area contributed by atoms with Crippen LogP contribution in [0.2, 0.25) is 0 Å². The number of hydrogen-bond donors (Lipinski definition) is 2. The Morgan fingerprint density at radius 2 is 2.60 bits per heavy atom. The molecular formula is C6H11N3S. The molecule has 0 fully saturated rings. The van der Waals surface area contributed by atoms with Gasteiger partial charge in [-0.1, -0.05) is 0 Å². The second-order valence-corrected chi connectivity index (χ2v) is 3.05. The molecule has 56 valence electrons. The zero-order valence-electron chi connectivity index (χ0n) is 5.92. The van der Waals surface area contributed by atoms with Crippen LogP contribution in [0.5, 0.6) is 0 Å². The van der Waals surface area contributed by atoms with E-state index in [4.69, 9.17) is 5.73 Å². The van der Waals surface area contributed by atoms with E-state index < -0.39 is 0 Å². The Bertz CT molecular complexity index is 197. The van der Waals surface area contributed by atoms with Crippen molar-refractivity contribution in [2.24, 2.45) is 0 Å². The molecule has 0 saturated heterocycles. The average Bonchev–Trinajstić information content (AvgIpc) is 2.31. The number of nitrogens with one attached hydrogen (secondary N) is 1. The monoisotopic (exact) mass is 157 g/mol. The van der Waals surface area contributed by atoms with E-state index in [1.54, 1.807) is 0 Å². The Balaban J connectivity index is 2.42. The lowest BCUT2D eigenvalue weighted by molar-refractivity contribution is 0.984. The normalized spacial score (nSPS) is 10.1. The number of nitrogens with zero attached hydrogens (tertiary/aromatic N) is 1. The molecule has 0 atom stereocenters. The maximum Gasteiger partial charge on any atom is 0.145 e. The fraction of sp³-hybridized carbons (Fsp3) is 0.500. The highest BCUT2D eigenvalue weighted by Crippen LogP contribution is 2.03. The molecule has 0 unspecified atom stereocenters. The molecule has 1 aromatic heterocycles. The van der Waals surface area contributed by atoms with Crippen molar-refractivity contribution in [2.75, 3.05) is 17.7 Å². The summed E-state index contributed by atoms with van der Waals surface area (Å²) in [4.78, 5) is 0. The largest absolute Gasteiger partial charge is 0.382 e. The van der Waals surface area contributed by atoms with E-state index in [1.165, 1.54) is 0 Å². The van der Waals surface area contributed by atoms with Gasteiger partial charge < -0.3 is 5.73 Å². The topological polar surface area (TPSA) is 54.7 Å². The van der Waals surface area contributed by atoms with Gasteiger partial charge in [0.15, 0.2) is 0 Å². The number of nitrogen functional groups attached to an aromatic ring is 1. The number of nitrogens with two attached hydrogens (primary N) is 1. The van der Waals surface area contributed by atoms with Gasteiger partial charge in [0, 0.05) is 11.8 Å². The maximum absolute atomic E-state index is 5.40. The molecule has 1 heterocycles. The van der Waals surface area contributed by atoms with Gasteiger partial charge in [-0.25, -0.2) is 0 Å². The molecule has 0 aromatic carbocycles. The minimum atomic E-state index is 0.580. The summed E-state index contributed by atoms with van der Waals surface area (Å²) in [6.45, 7) is 0. The molecule has 0 radical (unpaired) electrons. The van der Waals surface area contributed by atoms with E-state index in [0.717, 1.165) is 17.9 Å². The summed E-state index contributed by atoms with van der Waals surface area (Å²) in [5.74, 6) is 1.69. The molecule has 1 aromatic rings. The third kappa shape index (κ3) is 1.95. The minimum Gasteiger partial charge on any atom is -0.382 e. The molecule has 0 aliphatic heterocycles. The Morgan fingerprint density at radius 3 is 3.10 bits per heavy atom. The predicted molar refractivity (Wildman–Crippen MR) is 45.1 cm³/mol. The number of hydrogen-bond acceptors (Lipinski definition) is 3. The Labute approximate surface area is 64.4 Å². The van der Waals surface area contributed by atoms with Gasteiger partial charge in [0.25, 0.3) is 0 Å². The van der Waals surface area contributed by atoms with Crippen LogP contribution < -0.4 is 5.73 Å². The summed E-state index contributed by atoms with van der Waals surface area (Å²) < 4.78 is 0. The molecule has 0 aliphatic carbocycles. The van der Waals surface area contributed by atoms with Crippen LogP contribution in [0.1, 0.15) is 5.69 Å². The van der Waals surface area contributed by atoms with Crippen LogP contribution in [0, 0.1) is 0 Å². The van der Waals surface area contributed by atoms with Gasteiger partial charge >= 0.3 is 0 Å². The molecule has 0 bridgehead atoms. The zero-order valence-corrected chi connectivity index (χ0v) is 6.74. The van der Waals surface area contributed by atoms with Crippen LogP contribution in [0.25, 0.3) is 0 Å². The summed E-state index contributed by atoms with van der Waals surface area (Å²) in [5, 5.41) is 6.66. The first-order chi connectivity index (χ1) is 4.83. The smallest absolute Gasteiger partial charge is 0.145 e. The van der Waals surface area contributed by atoms with Crippen molar-refractivity contribution in [1.82, 2.24) is 10.2 Å². The summed E-state index contributed by atoms with van der Waals surface area (Å²) in [7, 11) is 0. The van der Waals surface area contributed by atoms with Crippen LogP contribution in [-0.4, -0.2) is 22.2 Å². The number of thioether (sulfide) groups is 1. The summed E-state index contributed by atoms with van der Waals surface area (Å²) in [6, 6.07) is 1.87. The van der Waals surface area contributed by atoms with E-state index in [9.17, 15) is 0 Å². The Hall–Kier alpha value is -0.640. The van der Waals surface area contributed by atoms with Crippen molar-refractivity contribution in [3.05, 3.63) is 11.8 Å². The van der Waals surface area contributed by atoms with Gasteiger partial charge in [0.1, 0.15) is 5.82 Å². The van der Waals surface area contributed by atoms with E-state index in [1.807, 2.05) is 17.8 Å². The molecule has 3 nitrogen and oxygen atoms in total. The molecule has 10 heavy (non-hydrogen) atoms. The van der Waals surface area contributed by atoms with E-state index in [2.05, 4.69) is 16.5 Å². The van der Waals surface area contributed by atoms with Crippen molar-refractivity contribution in [2.45, 2.75) is 6.42 Å². The number of anilines is 1. The van der Waals surface area contributed by atoms with Crippen LogP contribution in [0.4, 0.5) is 5.82 Å². The van der Waals surface area contributed by atoms with Crippen molar-refractivity contribution in [3.63, 3.8) is 0 Å². The lowest BCUT2D eigenvalue weighted by atomic mass is 10.3. The van der Waals surface area contributed by atoms with Crippen LogP contribution in [-0.2, 0) is 6.42 Å². The van der Waals surface area contributed by atoms with Gasteiger partial charge in [-0.3, -0.25) is 5.10 Å². The Kier molecular flexibility index (Phi) is 2.62. The highest BCUT2D eigenvalue weighted by Gasteiger charge is 1.94. The fourth-order valence-corrected chi connectivity index (χ4v) is 1.14. The third-order valence-electron chi connectivity index (χ3n) is 1.23. The maximum atomic E-state index is 5.40. The van der Waals surface area contributed by atoms with Crippen LogP contribution in [0.15, 0.2) is 6.07 Å². The third-order valence-corrected chi connectivity index (χ3v) is 1.84. The highest BCUT2D eigenvalue weighted by atomic mass is 32.2. The van der Waals surface area contributed by atoms with Crippen molar-refractivity contribution >= 4 is 17.6 Å². The van der Waals surface area contributed by atoms with Gasteiger partial charge in [0.2, 0.25) is 0 Å². The number of aryl methyl sites for hydroxylation is 1. The molecule has 0 aliphatic rings. The quantitative estimate of drug-likeness (QED) is 0.685. The molecule has 0 spiro atoms. The van der Waals surface area contributed by atoms with Crippen molar-refractivity contribution in [1.29, 1.82) is 0 Å². The number of aromatic nitrogens is 2. The van der Waals surface area contributed by atoms with Crippen molar-refractivity contribution < 1.29 is 0 Å². The van der Waals surface area contributed by atoms with Gasteiger partial charge in [0.05, 0.1) is 0 Å². The number of rotatable bonds is 3. The van der Waals surface area contributed by atoms with Gasteiger partial charge in [-0.15, -0.1) is 0 Å². The van der Waals surface area contributed by atoms with E-state index in [-0.39, 0.29) is 0 Å². The second kappa shape index (κ2) is 3.51. The predicted octanol–water partition coefficient (Wildman–Crippen LogP) is 0.897. The minimum absolute atomic E-state index is 0.580. The van der Waals surface area contributed by atoms with Gasteiger partial charge in [-0.2, -0.15) is 16.9 Å². The van der Waals surface area contributed by atoms with Crippen LogP contribution in [0.3, 0.4) is 0 Å². The molecule has 3 N–H and O–H groups in total. The summed E-state index contributed by atoms with van der Waals surface area (Å²) in [5.41, 5.74) is 6.52. The lowest BCUT2D eigenvalue weighted by Crippen LogP contribution is -1.86. The van der Waals surface area contributed by atoms with Crippen LogP contribution >= 0.6 is 11.8 Å². The second-order valence-electron chi connectivity index (χ2n) is 2.06. The van der Waals surface area contributed by atoms with E-state index in [0.29, 0.717) is 5.82 Å². The standard InChI is InChI=1S/C6H11N3S/c1-10-3-2-5-4-6(7)9-8-5/h4H,2-3H2,1H3,(H3,7,8,9). The van der Waals surface area contributed by atoms with E-state index >= 15 is 0 Å².